The summed E-state index contributed by atoms with van der Waals surface area (Å²) in [7, 11) is 1.58. The summed E-state index contributed by atoms with van der Waals surface area (Å²) < 4.78 is 5.17. The molecule has 0 bridgehead atoms. The first-order chi connectivity index (χ1) is 7.31. The molecule has 15 heavy (non-hydrogen) atoms. The molecule has 0 amide bonds. The van der Waals surface area contributed by atoms with E-state index < -0.39 is 0 Å². The zero-order valence-corrected chi connectivity index (χ0v) is 8.64. The van der Waals surface area contributed by atoms with Crippen LogP contribution in [0.5, 0.6) is 5.88 Å². The van der Waals surface area contributed by atoms with E-state index in [1.807, 2.05) is 30.3 Å². The second-order valence-corrected chi connectivity index (χ2v) is 3.08. The zero-order chi connectivity index (χ0) is 10.7. The summed E-state index contributed by atoms with van der Waals surface area (Å²) in [6, 6.07) is 9.73. The number of ether oxygens (including phenoxy) is 1. The van der Waals surface area contributed by atoms with Gasteiger partial charge in [0.2, 0.25) is 5.88 Å². The average Bonchev–Trinajstić information content (AvgIpc) is 2.30. The average molecular weight is 201 g/mol. The SMILES string of the molecule is COc1nc(C)nnc1-c1ccccc1. The maximum Gasteiger partial charge on any atom is 0.244 e. The number of aromatic nitrogens is 3. The Kier molecular flexibility index (Phi) is 2.58. The van der Waals surface area contributed by atoms with Gasteiger partial charge in [-0.2, -0.15) is 4.98 Å². The monoisotopic (exact) mass is 201 g/mol. The standard InChI is InChI=1S/C11H11N3O/c1-8-12-11(15-2)10(14-13-8)9-6-4-3-5-7-9/h3-7H,1-2H3. The van der Waals surface area contributed by atoms with Crippen LogP contribution in [0.2, 0.25) is 0 Å². The first-order valence-electron chi connectivity index (χ1n) is 4.62. The second-order valence-electron chi connectivity index (χ2n) is 3.08. The maximum atomic E-state index is 5.17. The molecule has 76 valence electrons. The minimum absolute atomic E-state index is 0.508. The molecule has 2 rings (SSSR count). The van der Waals surface area contributed by atoms with Crippen LogP contribution in [0.25, 0.3) is 11.3 Å². The molecule has 4 heteroatoms. The van der Waals surface area contributed by atoms with Crippen LogP contribution in [-0.2, 0) is 0 Å². The van der Waals surface area contributed by atoms with Crippen LogP contribution in [0.4, 0.5) is 0 Å². The lowest BCUT2D eigenvalue weighted by Crippen LogP contribution is -1.99. The van der Waals surface area contributed by atoms with E-state index in [0.29, 0.717) is 17.4 Å². The van der Waals surface area contributed by atoms with Crippen molar-refractivity contribution in [3.63, 3.8) is 0 Å². The van der Waals surface area contributed by atoms with E-state index in [9.17, 15) is 0 Å². The van der Waals surface area contributed by atoms with E-state index >= 15 is 0 Å². The van der Waals surface area contributed by atoms with Gasteiger partial charge in [-0.05, 0) is 6.92 Å². The smallest absolute Gasteiger partial charge is 0.244 e. The predicted molar refractivity (Wildman–Crippen MR) is 56.6 cm³/mol. The van der Waals surface area contributed by atoms with Gasteiger partial charge in [0.25, 0.3) is 0 Å². The van der Waals surface area contributed by atoms with Crippen molar-refractivity contribution in [2.75, 3.05) is 7.11 Å². The van der Waals surface area contributed by atoms with Gasteiger partial charge in [-0.3, -0.25) is 0 Å². The van der Waals surface area contributed by atoms with Gasteiger partial charge in [-0.1, -0.05) is 30.3 Å². The van der Waals surface area contributed by atoms with Crippen molar-refractivity contribution in [2.24, 2.45) is 0 Å². The van der Waals surface area contributed by atoms with Crippen molar-refractivity contribution >= 4 is 0 Å². The van der Waals surface area contributed by atoms with Gasteiger partial charge in [0.15, 0.2) is 11.5 Å². The lowest BCUT2D eigenvalue weighted by atomic mass is 10.2. The second kappa shape index (κ2) is 4.04. The highest BCUT2D eigenvalue weighted by Gasteiger charge is 2.09. The minimum Gasteiger partial charge on any atom is -0.479 e. The molecule has 0 aliphatic heterocycles. The van der Waals surface area contributed by atoms with E-state index in [4.69, 9.17) is 4.74 Å². The van der Waals surface area contributed by atoms with Crippen LogP contribution in [0, 0.1) is 6.92 Å². The van der Waals surface area contributed by atoms with Crippen molar-refractivity contribution in [1.29, 1.82) is 0 Å². The third-order valence-corrected chi connectivity index (χ3v) is 2.00. The van der Waals surface area contributed by atoms with E-state index in [1.165, 1.54) is 0 Å². The summed E-state index contributed by atoms with van der Waals surface area (Å²) in [5.74, 6) is 1.11. The summed E-state index contributed by atoms with van der Waals surface area (Å²) in [5, 5.41) is 8.00. The highest BCUT2D eigenvalue weighted by atomic mass is 16.5. The molecule has 0 N–H and O–H groups in total. The van der Waals surface area contributed by atoms with Gasteiger partial charge in [0.05, 0.1) is 7.11 Å². The summed E-state index contributed by atoms with van der Waals surface area (Å²) >= 11 is 0. The van der Waals surface area contributed by atoms with E-state index in [-0.39, 0.29) is 0 Å². The molecule has 0 aliphatic carbocycles. The number of rotatable bonds is 2. The Bertz CT molecular complexity index is 457. The topological polar surface area (TPSA) is 47.9 Å². The summed E-state index contributed by atoms with van der Waals surface area (Å²) in [6.07, 6.45) is 0. The van der Waals surface area contributed by atoms with Gasteiger partial charge in [-0.25, -0.2) is 0 Å². The fraction of sp³-hybridized carbons (Fsp3) is 0.182. The number of methoxy groups -OCH3 is 1. The largest absolute Gasteiger partial charge is 0.479 e. The highest BCUT2D eigenvalue weighted by Crippen LogP contribution is 2.24. The summed E-state index contributed by atoms with van der Waals surface area (Å²) in [5.41, 5.74) is 1.62. The molecule has 0 radical (unpaired) electrons. The Morgan fingerprint density at radius 3 is 2.47 bits per heavy atom. The molecule has 0 unspecified atom stereocenters. The van der Waals surface area contributed by atoms with Crippen LogP contribution in [0.3, 0.4) is 0 Å². The Labute approximate surface area is 88.0 Å². The number of hydrogen-bond acceptors (Lipinski definition) is 4. The first-order valence-corrected chi connectivity index (χ1v) is 4.62. The fourth-order valence-electron chi connectivity index (χ4n) is 1.31. The van der Waals surface area contributed by atoms with Crippen molar-refractivity contribution in [3.8, 4) is 17.1 Å². The van der Waals surface area contributed by atoms with Gasteiger partial charge in [-0.15, -0.1) is 10.2 Å². The normalized spacial score (nSPS) is 10.0. The molecule has 0 aliphatic rings. The highest BCUT2D eigenvalue weighted by molar-refractivity contribution is 5.63. The Morgan fingerprint density at radius 1 is 1.07 bits per heavy atom. The lowest BCUT2D eigenvalue weighted by Gasteiger charge is -2.05. The molecule has 0 spiro atoms. The third kappa shape index (κ3) is 1.93. The lowest BCUT2D eigenvalue weighted by molar-refractivity contribution is 0.394. The molecule has 1 heterocycles. The molecular weight excluding hydrogens is 190 g/mol. The van der Waals surface area contributed by atoms with Gasteiger partial charge >= 0.3 is 0 Å². The third-order valence-electron chi connectivity index (χ3n) is 2.00. The Hall–Kier alpha value is -1.97. The van der Waals surface area contributed by atoms with Crippen LogP contribution in [0.1, 0.15) is 5.82 Å². The van der Waals surface area contributed by atoms with Crippen LogP contribution in [0.15, 0.2) is 30.3 Å². The van der Waals surface area contributed by atoms with E-state index in [1.54, 1.807) is 14.0 Å². The van der Waals surface area contributed by atoms with Crippen molar-refractivity contribution in [2.45, 2.75) is 6.92 Å². The zero-order valence-electron chi connectivity index (χ0n) is 8.64. The maximum absolute atomic E-state index is 5.17. The van der Waals surface area contributed by atoms with E-state index in [2.05, 4.69) is 15.2 Å². The molecule has 1 aromatic carbocycles. The summed E-state index contributed by atoms with van der Waals surface area (Å²) in [4.78, 5) is 4.17. The van der Waals surface area contributed by atoms with E-state index in [0.717, 1.165) is 5.56 Å². The Morgan fingerprint density at radius 2 is 1.80 bits per heavy atom. The molecule has 2 aromatic rings. The number of hydrogen-bond donors (Lipinski definition) is 0. The number of nitrogens with zero attached hydrogens (tertiary/aromatic N) is 3. The number of aryl methyl sites for hydroxylation is 1. The molecule has 0 saturated heterocycles. The molecule has 4 nitrogen and oxygen atoms in total. The van der Waals surface area contributed by atoms with Crippen molar-refractivity contribution in [1.82, 2.24) is 15.2 Å². The fourth-order valence-corrected chi connectivity index (χ4v) is 1.31. The Balaban J connectivity index is 2.53. The van der Waals surface area contributed by atoms with Crippen molar-refractivity contribution in [3.05, 3.63) is 36.2 Å². The molecular formula is C11H11N3O. The molecule has 1 aromatic heterocycles. The van der Waals surface area contributed by atoms with Crippen LogP contribution >= 0.6 is 0 Å². The molecule has 0 saturated carbocycles. The van der Waals surface area contributed by atoms with Crippen molar-refractivity contribution < 1.29 is 4.74 Å². The molecule has 0 atom stereocenters. The predicted octanol–water partition coefficient (Wildman–Crippen LogP) is 1.86. The number of benzene rings is 1. The summed E-state index contributed by atoms with van der Waals surface area (Å²) in [6.45, 7) is 1.78. The van der Waals surface area contributed by atoms with Crippen LogP contribution < -0.4 is 4.74 Å². The van der Waals surface area contributed by atoms with Gasteiger partial charge < -0.3 is 4.74 Å². The van der Waals surface area contributed by atoms with Crippen LogP contribution in [-0.4, -0.2) is 22.3 Å². The van der Waals surface area contributed by atoms with Gasteiger partial charge in [0, 0.05) is 5.56 Å². The van der Waals surface area contributed by atoms with Gasteiger partial charge in [0.1, 0.15) is 0 Å². The molecule has 0 fully saturated rings. The minimum atomic E-state index is 0.508. The quantitative estimate of drug-likeness (QED) is 0.744. The first kappa shape index (κ1) is 9.58.